The van der Waals surface area contributed by atoms with Crippen LogP contribution >= 0.6 is 27.3 Å². The van der Waals surface area contributed by atoms with Gasteiger partial charge in [0.1, 0.15) is 5.60 Å². The summed E-state index contributed by atoms with van der Waals surface area (Å²) < 4.78 is 7.40. The number of nitrogens with zero attached hydrogens (tertiary/aromatic N) is 4. The Kier molecular flexibility index (Phi) is 7.25. The number of benzene rings is 2. The van der Waals surface area contributed by atoms with Gasteiger partial charge >= 0.3 is 6.16 Å². The number of aromatic amines is 1. The van der Waals surface area contributed by atoms with Crippen LogP contribution in [0.25, 0.3) is 31.9 Å². The fraction of sp³-hybridized carbons (Fsp3) is 0.346. The summed E-state index contributed by atoms with van der Waals surface area (Å²) in [5.41, 5.74) is 2.00. The van der Waals surface area contributed by atoms with E-state index < -0.39 is 11.8 Å². The summed E-state index contributed by atoms with van der Waals surface area (Å²) >= 11 is 5.48. The zero-order valence-corrected chi connectivity index (χ0v) is 22.6. The Labute approximate surface area is 226 Å². The third-order valence-electron chi connectivity index (χ3n) is 6.78. The molecule has 1 fully saturated rings. The van der Waals surface area contributed by atoms with Crippen LogP contribution in [-0.4, -0.2) is 54.8 Å². The van der Waals surface area contributed by atoms with Gasteiger partial charge in [-0.3, -0.25) is 4.79 Å². The molecule has 0 unspecified atom stereocenters. The van der Waals surface area contributed by atoms with E-state index in [1.165, 1.54) is 0 Å². The predicted octanol–water partition coefficient (Wildman–Crippen LogP) is 6.26. The van der Waals surface area contributed by atoms with Crippen molar-refractivity contribution in [3.05, 3.63) is 52.5 Å². The van der Waals surface area contributed by atoms with Crippen LogP contribution in [0, 0.1) is 0 Å². The van der Waals surface area contributed by atoms with E-state index in [4.69, 9.17) is 4.74 Å². The lowest BCUT2D eigenvalue weighted by atomic mass is 10.0. The fourth-order valence-electron chi connectivity index (χ4n) is 5.06. The molecule has 0 aliphatic heterocycles. The summed E-state index contributed by atoms with van der Waals surface area (Å²) in [4.78, 5) is 27.1. The van der Waals surface area contributed by atoms with E-state index in [2.05, 4.69) is 48.7 Å². The van der Waals surface area contributed by atoms with Crippen LogP contribution in [0.5, 0.6) is 0 Å². The van der Waals surface area contributed by atoms with Crippen LogP contribution in [0.3, 0.4) is 0 Å². The van der Waals surface area contributed by atoms with Gasteiger partial charge in [-0.2, -0.15) is 5.21 Å². The molecule has 0 bridgehead atoms. The van der Waals surface area contributed by atoms with Crippen molar-refractivity contribution in [3.63, 3.8) is 0 Å². The number of nitrogens with one attached hydrogen (secondary N) is 1. The molecule has 1 aliphatic carbocycles. The van der Waals surface area contributed by atoms with E-state index in [0.717, 1.165) is 49.0 Å². The number of hydrogen-bond acceptors (Lipinski definition) is 7. The first-order valence-electron chi connectivity index (χ1n) is 12.1. The second-order valence-electron chi connectivity index (χ2n) is 9.22. The van der Waals surface area contributed by atoms with Gasteiger partial charge in [-0.15, -0.1) is 21.5 Å². The number of tetrazole rings is 1. The monoisotopic (exact) mass is 583 g/mol. The van der Waals surface area contributed by atoms with Gasteiger partial charge in [0.05, 0.1) is 11.4 Å². The Balaban J connectivity index is 1.47. The lowest BCUT2D eigenvalue weighted by Crippen LogP contribution is -2.46. The number of ether oxygens (including phenoxy) is 1. The molecule has 2 N–H and O–H groups in total. The first-order valence-corrected chi connectivity index (χ1v) is 13.7. The van der Waals surface area contributed by atoms with Gasteiger partial charge in [0.25, 0.3) is 0 Å². The number of rotatable bonds is 8. The van der Waals surface area contributed by atoms with Gasteiger partial charge in [0, 0.05) is 38.7 Å². The maximum Gasteiger partial charge on any atom is 0.506 e. The molecule has 0 atom stereocenters. The summed E-state index contributed by atoms with van der Waals surface area (Å²) in [6.45, 7) is 2.46. The molecule has 0 radical (unpaired) electrons. The molecule has 0 spiro atoms. The second-order valence-corrected chi connectivity index (χ2v) is 11.1. The molecular formula is C26H26BrN5O4S. The van der Waals surface area contributed by atoms with Crippen molar-refractivity contribution in [3.8, 4) is 21.8 Å². The van der Waals surface area contributed by atoms with Crippen molar-refractivity contribution in [1.82, 2.24) is 25.5 Å². The van der Waals surface area contributed by atoms with Crippen LogP contribution in [0.4, 0.5) is 4.79 Å². The number of halogens is 1. The maximum atomic E-state index is 12.9. The SMILES string of the molecule is CCC(=O)N(Cc1ccc2sc(-c3ccccc3-c3nn[nH]n3)c(Br)c2c1)CC1(OC(=O)O)CCCC1. The number of carboxylic acid groups (broad SMARTS) is 1. The van der Waals surface area contributed by atoms with Crippen LogP contribution in [0.15, 0.2) is 46.9 Å². The molecule has 9 nitrogen and oxygen atoms in total. The van der Waals surface area contributed by atoms with Gasteiger partial charge in [0.15, 0.2) is 0 Å². The van der Waals surface area contributed by atoms with E-state index in [1.54, 1.807) is 16.2 Å². The third kappa shape index (κ3) is 5.24. The van der Waals surface area contributed by atoms with Crippen molar-refractivity contribution in [2.45, 2.75) is 51.2 Å². The zero-order chi connectivity index (χ0) is 26.0. The first-order chi connectivity index (χ1) is 17.9. The summed E-state index contributed by atoms with van der Waals surface area (Å²) in [7, 11) is 0. The standard InChI is InChI=1S/C26H26BrN5O4S/c1-2-21(33)32(15-26(36-25(34)35)11-5-6-12-26)14-16-9-10-20-19(13-16)22(27)23(37-20)17-7-3-4-8-18(17)24-28-30-31-29-24/h3-4,7-10,13H,2,5-6,11-12,14-15H2,1H3,(H,34,35)(H,28,29,30,31). The van der Waals surface area contributed by atoms with Gasteiger partial charge in [0.2, 0.25) is 11.7 Å². The molecule has 0 saturated heterocycles. The number of H-pyrrole nitrogens is 1. The molecule has 2 heterocycles. The summed E-state index contributed by atoms with van der Waals surface area (Å²) in [5.74, 6) is 0.498. The Bertz CT molecular complexity index is 1430. The number of thiophene rings is 1. The van der Waals surface area contributed by atoms with Gasteiger partial charge in [-0.1, -0.05) is 37.3 Å². The Morgan fingerprint density at radius 3 is 2.62 bits per heavy atom. The molecule has 1 saturated carbocycles. The smallest absolute Gasteiger partial charge is 0.450 e. The van der Waals surface area contributed by atoms with Crippen LogP contribution in [-0.2, 0) is 16.1 Å². The highest BCUT2D eigenvalue weighted by Crippen LogP contribution is 2.45. The zero-order valence-electron chi connectivity index (χ0n) is 20.2. The maximum absolute atomic E-state index is 12.9. The minimum Gasteiger partial charge on any atom is -0.450 e. The van der Waals surface area contributed by atoms with E-state index in [0.29, 0.717) is 31.6 Å². The summed E-state index contributed by atoms with van der Waals surface area (Å²) in [6.07, 6.45) is 2.09. The lowest BCUT2D eigenvalue weighted by Gasteiger charge is -2.34. The lowest BCUT2D eigenvalue weighted by molar-refractivity contribution is -0.136. The Hall–Kier alpha value is -3.31. The average Bonchev–Trinajstić information content (AvgIpc) is 3.65. The van der Waals surface area contributed by atoms with E-state index in [1.807, 2.05) is 37.3 Å². The van der Waals surface area contributed by atoms with Gasteiger partial charge in [-0.05, 0) is 64.5 Å². The van der Waals surface area contributed by atoms with E-state index >= 15 is 0 Å². The van der Waals surface area contributed by atoms with Gasteiger partial charge < -0.3 is 14.7 Å². The molecule has 1 amide bonds. The van der Waals surface area contributed by atoms with Crippen LogP contribution in [0.1, 0.15) is 44.6 Å². The minimum absolute atomic E-state index is 0.0283. The largest absolute Gasteiger partial charge is 0.506 e. The second kappa shape index (κ2) is 10.6. The number of carbonyl (C=O) groups excluding carboxylic acids is 1. The van der Waals surface area contributed by atoms with Gasteiger partial charge in [-0.25, -0.2) is 4.79 Å². The molecule has 192 valence electrons. The Morgan fingerprint density at radius 1 is 1.19 bits per heavy atom. The molecule has 1 aliphatic rings. The van der Waals surface area contributed by atoms with Crippen molar-refractivity contribution in [2.75, 3.05) is 6.54 Å². The molecular weight excluding hydrogens is 558 g/mol. The van der Waals surface area contributed by atoms with E-state index in [-0.39, 0.29) is 12.5 Å². The average molecular weight is 584 g/mol. The van der Waals surface area contributed by atoms with Crippen LogP contribution < -0.4 is 0 Å². The first kappa shape index (κ1) is 25.3. The van der Waals surface area contributed by atoms with Crippen molar-refractivity contribution >= 4 is 49.4 Å². The molecule has 37 heavy (non-hydrogen) atoms. The highest BCUT2D eigenvalue weighted by Gasteiger charge is 2.40. The highest BCUT2D eigenvalue weighted by atomic mass is 79.9. The van der Waals surface area contributed by atoms with Crippen LogP contribution in [0.2, 0.25) is 0 Å². The molecule has 4 aromatic rings. The summed E-state index contributed by atoms with van der Waals surface area (Å²) in [6, 6.07) is 14.1. The molecule has 2 aromatic heterocycles. The number of hydrogen-bond donors (Lipinski definition) is 2. The Morgan fingerprint density at radius 2 is 1.95 bits per heavy atom. The summed E-state index contributed by atoms with van der Waals surface area (Å²) in [5, 5.41) is 24.9. The predicted molar refractivity (Wildman–Crippen MR) is 144 cm³/mol. The molecule has 2 aromatic carbocycles. The topological polar surface area (TPSA) is 121 Å². The normalized spacial score (nSPS) is 14.6. The number of carbonyl (C=O) groups is 2. The quantitative estimate of drug-likeness (QED) is 0.235. The van der Waals surface area contributed by atoms with Crippen molar-refractivity contribution in [2.24, 2.45) is 0 Å². The minimum atomic E-state index is -1.29. The highest BCUT2D eigenvalue weighted by molar-refractivity contribution is 9.10. The third-order valence-corrected chi connectivity index (χ3v) is 9.07. The number of amides is 1. The van der Waals surface area contributed by atoms with E-state index in [9.17, 15) is 14.7 Å². The molecule has 11 heteroatoms. The number of aromatic nitrogens is 4. The fourth-order valence-corrected chi connectivity index (χ4v) is 7.09. The molecule has 5 rings (SSSR count). The van der Waals surface area contributed by atoms with Crippen molar-refractivity contribution < 1.29 is 19.4 Å². The van der Waals surface area contributed by atoms with Crippen molar-refractivity contribution in [1.29, 1.82) is 0 Å². The number of fused-ring (bicyclic) bond motifs is 1.